The van der Waals surface area contributed by atoms with E-state index in [1.807, 2.05) is 47.6 Å². The van der Waals surface area contributed by atoms with E-state index in [0.717, 1.165) is 29.0 Å². The van der Waals surface area contributed by atoms with Crippen LogP contribution in [-0.2, 0) is 11.0 Å². The summed E-state index contributed by atoms with van der Waals surface area (Å²) in [5, 5.41) is 2.54. The lowest BCUT2D eigenvalue weighted by molar-refractivity contribution is -0.137. The van der Waals surface area contributed by atoms with Crippen molar-refractivity contribution in [3.63, 3.8) is 0 Å². The van der Waals surface area contributed by atoms with Gasteiger partial charge in [0.25, 0.3) is 0 Å². The number of rotatable bonds is 3. The molecule has 1 aliphatic heterocycles. The predicted molar refractivity (Wildman–Crippen MR) is 121 cm³/mol. The molecule has 172 valence electrons. The Labute approximate surface area is 183 Å². The highest BCUT2D eigenvalue weighted by atomic mass is 19.4. The van der Waals surface area contributed by atoms with Crippen molar-refractivity contribution in [2.75, 3.05) is 18.5 Å². The largest absolute Gasteiger partial charge is 0.486 e. The van der Waals surface area contributed by atoms with Gasteiger partial charge in [-0.3, -0.25) is 4.79 Å². The minimum absolute atomic E-state index is 0.553. The van der Waals surface area contributed by atoms with Gasteiger partial charge in [0, 0.05) is 11.8 Å². The van der Waals surface area contributed by atoms with Crippen molar-refractivity contribution >= 4 is 17.7 Å². The molecule has 0 saturated carbocycles. The molecule has 2 aromatic rings. The summed E-state index contributed by atoms with van der Waals surface area (Å²) in [5.74, 6) is 1.40. The number of ether oxygens (including phenoxy) is 2. The molecular weight excluding hydrogens is 407 g/mol. The fourth-order valence-electron chi connectivity index (χ4n) is 2.29. The highest BCUT2D eigenvalue weighted by molar-refractivity contribution is 5.72. The van der Waals surface area contributed by atoms with Gasteiger partial charge in [-0.1, -0.05) is 45.9 Å². The lowest BCUT2D eigenvalue weighted by Gasteiger charge is -2.18. The Morgan fingerprint density at radius 3 is 1.97 bits per heavy atom. The fraction of sp³-hybridized carbons (Fsp3) is 0.375. The Kier molecular flexibility index (Phi) is 13.5. The van der Waals surface area contributed by atoms with Crippen molar-refractivity contribution in [2.24, 2.45) is 0 Å². The predicted octanol–water partition coefficient (Wildman–Crippen LogP) is 7.21. The number of benzene rings is 2. The number of amides is 1. The Bertz CT molecular complexity index is 801. The van der Waals surface area contributed by atoms with Crippen LogP contribution in [-0.4, -0.2) is 19.6 Å². The van der Waals surface area contributed by atoms with Crippen LogP contribution in [0.2, 0.25) is 0 Å². The molecule has 0 saturated heterocycles. The van der Waals surface area contributed by atoms with Crippen LogP contribution in [0.25, 0.3) is 5.57 Å². The van der Waals surface area contributed by atoms with Crippen LogP contribution in [0.3, 0.4) is 0 Å². The number of anilines is 1. The Morgan fingerprint density at radius 2 is 1.48 bits per heavy atom. The second kappa shape index (κ2) is 14.9. The Balaban J connectivity index is 0.000000501. The summed E-state index contributed by atoms with van der Waals surface area (Å²) in [6.07, 6.45) is -1.75. The standard InChI is InChI=1S/C11H11F3.C9H9NO3.2C2H6/c1-3-8(2)9-4-6-10(7-5-9)11(12,13)14;11-6-10-7-1-2-8-9(5-7)13-4-3-12-8;2*1-2/h3-7H,1-2H3;1-2,5-6H,3-4H2,(H,10,11);2*1-2H3/b8-3+;;;. The third kappa shape index (κ3) is 9.59. The molecule has 31 heavy (non-hydrogen) atoms. The molecule has 0 spiro atoms. The van der Waals surface area contributed by atoms with E-state index in [1.54, 1.807) is 18.2 Å². The number of alkyl halides is 3. The van der Waals surface area contributed by atoms with Gasteiger partial charge >= 0.3 is 6.18 Å². The molecule has 1 aliphatic rings. The van der Waals surface area contributed by atoms with Gasteiger partial charge in [-0.25, -0.2) is 0 Å². The quantitative estimate of drug-likeness (QED) is 0.514. The maximum absolute atomic E-state index is 12.2. The van der Waals surface area contributed by atoms with Gasteiger partial charge in [0.2, 0.25) is 6.41 Å². The summed E-state index contributed by atoms with van der Waals surface area (Å²) in [4.78, 5) is 10.2. The minimum atomic E-state index is -4.25. The fourth-order valence-corrected chi connectivity index (χ4v) is 2.29. The van der Waals surface area contributed by atoms with Crippen LogP contribution in [0.1, 0.15) is 52.7 Å². The van der Waals surface area contributed by atoms with Crippen LogP contribution >= 0.6 is 0 Å². The molecule has 7 heteroatoms. The normalized spacial score (nSPS) is 12.0. The Morgan fingerprint density at radius 1 is 0.935 bits per heavy atom. The minimum Gasteiger partial charge on any atom is -0.486 e. The molecule has 0 aromatic heterocycles. The monoisotopic (exact) mass is 439 g/mol. The lowest BCUT2D eigenvalue weighted by Crippen LogP contribution is -2.15. The lowest BCUT2D eigenvalue weighted by atomic mass is 10.1. The summed E-state index contributed by atoms with van der Waals surface area (Å²) in [7, 11) is 0. The van der Waals surface area contributed by atoms with Gasteiger partial charge in [0.1, 0.15) is 13.2 Å². The van der Waals surface area contributed by atoms with Crippen LogP contribution in [0, 0.1) is 0 Å². The van der Waals surface area contributed by atoms with Crippen molar-refractivity contribution in [1.29, 1.82) is 0 Å². The topological polar surface area (TPSA) is 47.6 Å². The van der Waals surface area contributed by atoms with Gasteiger partial charge in [-0.05, 0) is 49.2 Å². The first-order valence-corrected chi connectivity index (χ1v) is 10.3. The number of hydrogen-bond acceptors (Lipinski definition) is 3. The molecular formula is C24H32F3NO3. The van der Waals surface area contributed by atoms with Crippen molar-refractivity contribution in [3.8, 4) is 11.5 Å². The number of fused-ring (bicyclic) bond motifs is 1. The summed E-state index contributed by atoms with van der Waals surface area (Å²) in [6.45, 7) is 12.8. The molecule has 0 atom stereocenters. The number of nitrogens with one attached hydrogen (secondary N) is 1. The highest BCUT2D eigenvalue weighted by Gasteiger charge is 2.29. The van der Waals surface area contributed by atoms with Crippen molar-refractivity contribution in [2.45, 2.75) is 47.7 Å². The van der Waals surface area contributed by atoms with E-state index in [0.29, 0.717) is 31.1 Å². The summed E-state index contributed by atoms with van der Waals surface area (Å²) in [6, 6.07) is 10.5. The average Bonchev–Trinajstić information content (AvgIpc) is 2.81. The molecule has 0 aliphatic carbocycles. The van der Waals surface area contributed by atoms with E-state index in [-0.39, 0.29) is 0 Å². The molecule has 1 amide bonds. The number of allylic oxidation sites excluding steroid dienone is 2. The first-order valence-electron chi connectivity index (χ1n) is 10.3. The van der Waals surface area contributed by atoms with E-state index in [4.69, 9.17) is 9.47 Å². The number of carbonyl (C=O) groups is 1. The van der Waals surface area contributed by atoms with Gasteiger partial charge in [0.15, 0.2) is 11.5 Å². The third-order valence-electron chi connectivity index (χ3n) is 3.87. The van der Waals surface area contributed by atoms with Gasteiger partial charge < -0.3 is 14.8 Å². The first-order chi connectivity index (χ1) is 14.8. The van der Waals surface area contributed by atoms with E-state index in [1.165, 1.54) is 12.1 Å². The maximum Gasteiger partial charge on any atom is 0.416 e. The molecule has 1 heterocycles. The van der Waals surface area contributed by atoms with Crippen LogP contribution in [0.5, 0.6) is 11.5 Å². The molecule has 0 fully saturated rings. The Hall–Kier alpha value is -2.96. The number of halogens is 3. The zero-order chi connectivity index (χ0) is 23.9. The van der Waals surface area contributed by atoms with Crippen LogP contribution in [0.15, 0.2) is 48.5 Å². The first kappa shape index (κ1) is 28.0. The van der Waals surface area contributed by atoms with Gasteiger partial charge in [-0.2, -0.15) is 13.2 Å². The van der Waals surface area contributed by atoms with Crippen molar-refractivity contribution in [3.05, 3.63) is 59.7 Å². The van der Waals surface area contributed by atoms with E-state index < -0.39 is 11.7 Å². The zero-order valence-corrected chi connectivity index (χ0v) is 19.0. The molecule has 2 aromatic carbocycles. The molecule has 1 N–H and O–H groups in total. The molecule has 4 nitrogen and oxygen atoms in total. The highest BCUT2D eigenvalue weighted by Crippen LogP contribution is 2.32. The second-order valence-electron chi connectivity index (χ2n) is 5.67. The van der Waals surface area contributed by atoms with Crippen molar-refractivity contribution in [1.82, 2.24) is 0 Å². The molecule has 0 unspecified atom stereocenters. The summed E-state index contributed by atoms with van der Waals surface area (Å²) < 4.78 is 47.2. The number of hydrogen-bond donors (Lipinski definition) is 1. The van der Waals surface area contributed by atoms with Crippen LogP contribution in [0.4, 0.5) is 18.9 Å². The van der Waals surface area contributed by atoms with Crippen molar-refractivity contribution < 1.29 is 27.4 Å². The third-order valence-corrected chi connectivity index (χ3v) is 3.87. The molecule has 3 rings (SSSR count). The second-order valence-corrected chi connectivity index (χ2v) is 5.67. The molecule has 0 bridgehead atoms. The summed E-state index contributed by atoms with van der Waals surface area (Å²) >= 11 is 0. The van der Waals surface area contributed by atoms with Gasteiger partial charge in [0.05, 0.1) is 5.56 Å². The summed E-state index contributed by atoms with van der Waals surface area (Å²) in [5.41, 5.74) is 1.89. The van der Waals surface area contributed by atoms with Crippen LogP contribution < -0.4 is 14.8 Å². The smallest absolute Gasteiger partial charge is 0.416 e. The molecule has 0 radical (unpaired) electrons. The van der Waals surface area contributed by atoms with E-state index >= 15 is 0 Å². The number of carbonyl (C=O) groups excluding carboxylic acids is 1. The maximum atomic E-state index is 12.2. The van der Waals surface area contributed by atoms with Gasteiger partial charge in [-0.15, -0.1) is 0 Å². The average molecular weight is 440 g/mol. The van der Waals surface area contributed by atoms with E-state index in [2.05, 4.69) is 5.32 Å². The zero-order valence-electron chi connectivity index (χ0n) is 19.0. The van der Waals surface area contributed by atoms with E-state index in [9.17, 15) is 18.0 Å². The SMILES string of the molecule is C/C=C(\C)c1ccc(C(F)(F)F)cc1.CC.CC.O=CNc1ccc2c(c1)OCCO2.